The molecule has 4 nitrogen and oxygen atoms in total. The largest absolute Gasteiger partial charge is 0.375 e. The molecule has 0 spiro atoms. The van der Waals surface area contributed by atoms with Crippen molar-refractivity contribution in [2.24, 2.45) is 0 Å². The van der Waals surface area contributed by atoms with Gasteiger partial charge in [-0.3, -0.25) is 4.79 Å². The van der Waals surface area contributed by atoms with E-state index in [1.807, 2.05) is 0 Å². The fraction of sp³-hybridized carbons (Fsp3) is 0.231. The van der Waals surface area contributed by atoms with Gasteiger partial charge in [0.05, 0.1) is 30.1 Å². The number of nitrogens with zero attached hydrogens (tertiary/aromatic N) is 2. The number of hydrogen-bond acceptors (Lipinski definition) is 4. The van der Waals surface area contributed by atoms with Crippen molar-refractivity contribution in [3.63, 3.8) is 0 Å². The van der Waals surface area contributed by atoms with Crippen LogP contribution in [-0.2, 0) is 24.3 Å². The number of fused-ring (bicyclic) bond motifs is 1. The van der Waals surface area contributed by atoms with Crippen LogP contribution in [0.4, 0.5) is 9.52 Å². The molecule has 0 fully saturated rings. The summed E-state index contributed by atoms with van der Waals surface area (Å²) >= 11 is 1.43. The molecule has 0 aliphatic carbocycles. The first kappa shape index (κ1) is 12.1. The molecule has 6 heteroatoms. The molecule has 0 saturated heterocycles. The SMILES string of the molecule is Nc1nc2c(s1)CN(C(=O)Cc1ccc(F)cc1)C2. The number of thiazole rings is 1. The molecule has 1 aromatic carbocycles. The Morgan fingerprint density at radius 1 is 1.37 bits per heavy atom. The molecular formula is C13H12FN3OS. The van der Waals surface area contributed by atoms with Gasteiger partial charge in [0.1, 0.15) is 5.82 Å². The minimum absolute atomic E-state index is 0.0235. The van der Waals surface area contributed by atoms with E-state index in [-0.39, 0.29) is 18.1 Å². The summed E-state index contributed by atoms with van der Waals surface area (Å²) in [4.78, 5) is 19.1. The van der Waals surface area contributed by atoms with E-state index in [1.165, 1.54) is 23.5 Å². The second-order valence-electron chi connectivity index (χ2n) is 4.48. The predicted octanol–water partition coefficient (Wildman–Crippen LogP) is 1.95. The van der Waals surface area contributed by atoms with Crippen molar-refractivity contribution >= 4 is 22.4 Å². The summed E-state index contributed by atoms with van der Waals surface area (Å²) in [6, 6.07) is 6.00. The van der Waals surface area contributed by atoms with Gasteiger partial charge < -0.3 is 10.6 Å². The Morgan fingerprint density at radius 3 is 2.79 bits per heavy atom. The zero-order chi connectivity index (χ0) is 13.4. The van der Waals surface area contributed by atoms with Gasteiger partial charge in [-0.25, -0.2) is 9.37 Å². The summed E-state index contributed by atoms with van der Waals surface area (Å²) < 4.78 is 12.8. The van der Waals surface area contributed by atoms with E-state index in [9.17, 15) is 9.18 Å². The van der Waals surface area contributed by atoms with E-state index >= 15 is 0 Å². The second kappa shape index (κ2) is 4.62. The molecule has 2 heterocycles. The topological polar surface area (TPSA) is 59.2 Å². The molecule has 2 N–H and O–H groups in total. The van der Waals surface area contributed by atoms with Crippen LogP contribution in [0.1, 0.15) is 16.1 Å². The van der Waals surface area contributed by atoms with Crippen molar-refractivity contribution in [2.75, 3.05) is 5.73 Å². The number of anilines is 1. The molecule has 1 amide bonds. The van der Waals surface area contributed by atoms with E-state index in [0.29, 0.717) is 18.2 Å². The van der Waals surface area contributed by atoms with Crippen LogP contribution in [0.15, 0.2) is 24.3 Å². The number of amides is 1. The normalized spacial score (nSPS) is 13.6. The Balaban J connectivity index is 1.66. The molecule has 19 heavy (non-hydrogen) atoms. The Hall–Kier alpha value is -1.95. The van der Waals surface area contributed by atoms with Gasteiger partial charge in [0.25, 0.3) is 0 Å². The maximum Gasteiger partial charge on any atom is 0.227 e. The number of hydrogen-bond donors (Lipinski definition) is 1. The van der Waals surface area contributed by atoms with Gasteiger partial charge >= 0.3 is 0 Å². The maximum atomic E-state index is 12.8. The molecule has 1 aliphatic rings. The van der Waals surface area contributed by atoms with E-state index in [4.69, 9.17) is 5.73 Å². The number of benzene rings is 1. The molecule has 1 aromatic heterocycles. The summed E-state index contributed by atoms with van der Waals surface area (Å²) in [5.74, 6) is -0.269. The molecule has 0 bridgehead atoms. The fourth-order valence-corrected chi connectivity index (χ4v) is 2.98. The van der Waals surface area contributed by atoms with Crippen LogP contribution in [0.2, 0.25) is 0 Å². The molecule has 0 atom stereocenters. The third kappa shape index (κ3) is 2.44. The molecule has 3 rings (SSSR count). The van der Waals surface area contributed by atoms with Gasteiger partial charge in [-0.15, -0.1) is 11.3 Å². The van der Waals surface area contributed by atoms with Gasteiger partial charge in [0, 0.05) is 0 Å². The summed E-state index contributed by atoms with van der Waals surface area (Å²) in [7, 11) is 0. The molecule has 98 valence electrons. The standard InChI is InChI=1S/C13H12FN3OS/c14-9-3-1-8(2-4-9)5-12(18)17-6-10-11(7-17)19-13(15)16-10/h1-4H,5-7H2,(H2,15,16). The summed E-state index contributed by atoms with van der Waals surface area (Å²) in [6.07, 6.45) is 0.282. The van der Waals surface area contributed by atoms with Crippen molar-refractivity contribution in [3.8, 4) is 0 Å². The Labute approximate surface area is 113 Å². The first-order valence-electron chi connectivity index (χ1n) is 5.88. The van der Waals surface area contributed by atoms with Crippen LogP contribution in [0, 0.1) is 5.82 Å². The molecular weight excluding hydrogens is 265 g/mol. The average molecular weight is 277 g/mol. The van der Waals surface area contributed by atoms with Gasteiger partial charge in [0.2, 0.25) is 5.91 Å². The Bertz CT molecular complexity index is 600. The zero-order valence-corrected chi connectivity index (χ0v) is 10.9. The van der Waals surface area contributed by atoms with E-state index < -0.39 is 0 Å². The van der Waals surface area contributed by atoms with Crippen LogP contribution in [0.25, 0.3) is 0 Å². The summed E-state index contributed by atoms with van der Waals surface area (Å²) in [5.41, 5.74) is 7.33. The van der Waals surface area contributed by atoms with Crippen LogP contribution in [0.5, 0.6) is 0 Å². The number of nitrogens with two attached hydrogens (primary N) is 1. The van der Waals surface area contributed by atoms with Gasteiger partial charge in [-0.05, 0) is 17.7 Å². The summed E-state index contributed by atoms with van der Waals surface area (Å²) in [6.45, 7) is 1.09. The molecule has 2 aromatic rings. The number of aromatic nitrogens is 1. The van der Waals surface area contributed by atoms with E-state index in [2.05, 4.69) is 4.98 Å². The number of halogens is 1. The minimum atomic E-state index is -0.292. The Kier molecular flexibility index (Phi) is 2.94. The van der Waals surface area contributed by atoms with Gasteiger partial charge in [0.15, 0.2) is 5.13 Å². The highest BCUT2D eigenvalue weighted by atomic mass is 32.1. The van der Waals surface area contributed by atoms with Gasteiger partial charge in [-0.1, -0.05) is 12.1 Å². The number of nitrogen functional groups attached to an aromatic ring is 1. The third-order valence-corrected chi connectivity index (χ3v) is 4.00. The highest BCUT2D eigenvalue weighted by Gasteiger charge is 2.26. The highest BCUT2D eigenvalue weighted by molar-refractivity contribution is 7.15. The molecule has 1 aliphatic heterocycles. The van der Waals surface area contributed by atoms with Crippen LogP contribution >= 0.6 is 11.3 Å². The molecule has 0 saturated carbocycles. The molecule has 0 unspecified atom stereocenters. The fourth-order valence-electron chi connectivity index (χ4n) is 2.13. The quantitative estimate of drug-likeness (QED) is 0.912. The average Bonchev–Trinajstić information content (AvgIpc) is 2.89. The molecule has 0 radical (unpaired) electrons. The number of carbonyl (C=O) groups is 1. The van der Waals surface area contributed by atoms with Gasteiger partial charge in [-0.2, -0.15) is 0 Å². The lowest BCUT2D eigenvalue weighted by Crippen LogP contribution is -2.27. The lowest BCUT2D eigenvalue weighted by molar-refractivity contribution is -0.131. The minimum Gasteiger partial charge on any atom is -0.375 e. The van der Waals surface area contributed by atoms with Crippen LogP contribution in [0.3, 0.4) is 0 Å². The smallest absolute Gasteiger partial charge is 0.227 e. The van der Waals surface area contributed by atoms with Crippen LogP contribution in [-0.4, -0.2) is 15.8 Å². The third-order valence-electron chi connectivity index (χ3n) is 3.09. The van der Waals surface area contributed by atoms with Crippen molar-refractivity contribution in [1.82, 2.24) is 9.88 Å². The summed E-state index contributed by atoms with van der Waals surface area (Å²) in [5, 5.41) is 0.552. The van der Waals surface area contributed by atoms with Crippen molar-refractivity contribution in [3.05, 3.63) is 46.2 Å². The number of carbonyl (C=O) groups excluding carboxylic acids is 1. The first-order valence-corrected chi connectivity index (χ1v) is 6.70. The van der Waals surface area contributed by atoms with Crippen molar-refractivity contribution in [1.29, 1.82) is 0 Å². The Morgan fingerprint density at radius 2 is 2.11 bits per heavy atom. The zero-order valence-electron chi connectivity index (χ0n) is 10.1. The van der Waals surface area contributed by atoms with Crippen LogP contribution < -0.4 is 5.73 Å². The second-order valence-corrected chi connectivity index (χ2v) is 5.59. The predicted molar refractivity (Wildman–Crippen MR) is 70.9 cm³/mol. The van der Waals surface area contributed by atoms with Crippen molar-refractivity contribution in [2.45, 2.75) is 19.5 Å². The lowest BCUT2D eigenvalue weighted by Gasteiger charge is -2.15. The number of rotatable bonds is 2. The monoisotopic (exact) mass is 277 g/mol. The first-order chi connectivity index (χ1) is 9.11. The lowest BCUT2D eigenvalue weighted by atomic mass is 10.1. The van der Waals surface area contributed by atoms with E-state index in [1.54, 1.807) is 17.0 Å². The maximum absolute atomic E-state index is 12.8. The van der Waals surface area contributed by atoms with E-state index in [0.717, 1.165) is 16.1 Å². The highest BCUT2D eigenvalue weighted by Crippen LogP contribution is 2.29. The van der Waals surface area contributed by atoms with Crippen molar-refractivity contribution < 1.29 is 9.18 Å².